The third kappa shape index (κ3) is 5.01. The maximum atomic E-state index is 12.9. The molecule has 25 heavy (non-hydrogen) atoms. The van der Waals surface area contributed by atoms with Crippen LogP contribution in [-0.4, -0.2) is 20.4 Å². The molecule has 0 radical (unpaired) electrons. The number of anilines is 1. The molecular weight excluding hydrogens is 367 g/mol. The monoisotopic (exact) mass is 384 g/mol. The summed E-state index contributed by atoms with van der Waals surface area (Å²) in [5.41, 5.74) is 1.34. The lowest BCUT2D eigenvalue weighted by molar-refractivity contribution is -0.117. The third-order valence-corrected chi connectivity index (χ3v) is 5.48. The molecule has 0 aliphatic heterocycles. The first-order valence-corrected chi connectivity index (χ1v) is 9.44. The van der Waals surface area contributed by atoms with E-state index in [4.69, 9.17) is 11.6 Å². The Bertz CT molecular complexity index is 870. The molecule has 0 aliphatic carbocycles. The lowest BCUT2D eigenvalue weighted by atomic mass is 10.2. The van der Waals surface area contributed by atoms with Gasteiger partial charge in [0.2, 0.25) is 15.9 Å². The molecule has 2 rings (SSSR count). The summed E-state index contributed by atoms with van der Waals surface area (Å²) in [5.74, 6) is -1.05. The smallest absolute Gasteiger partial charge is 0.242 e. The van der Waals surface area contributed by atoms with Crippen molar-refractivity contribution in [3.63, 3.8) is 0 Å². The molecule has 0 aromatic heterocycles. The fraction of sp³-hybridized carbons (Fsp3) is 0.235. The molecule has 2 aromatic rings. The average Bonchev–Trinajstić information content (AvgIpc) is 2.56. The van der Waals surface area contributed by atoms with Gasteiger partial charge in [0.15, 0.2) is 0 Å². The minimum atomic E-state index is -3.94. The molecular formula is C17H18ClFN2O3S. The largest absolute Gasteiger partial charge is 0.325 e. The molecule has 1 atom stereocenters. The zero-order chi connectivity index (χ0) is 18.6. The van der Waals surface area contributed by atoms with Crippen molar-refractivity contribution in [1.29, 1.82) is 0 Å². The lowest BCUT2D eigenvalue weighted by Crippen LogP contribution is -2.43. The Labute approximate surface area is 151 Å². The van der Waals surface area contributed by atoms with Gasteiger partial charge < -0.3 is 5.32 Å². The number of rotatable bonds is 6. The molecule has 2 N–H and O–H groups in total. The number of nitrogens with one attached hydrogen (secondary N) is 2. The van der Waals surface area contributed by atoms with E-state index in [1.54, 1.807) is 25.1 Å². The van der Waals surface area contributed by atoms with Crippen molar-refractivity contribution < 1.29 is 17.6 Å². The van der Waals surface area contributed by atoms with Crippen molar-refractivity contribution in [2.24, 2.45) is 0 Å². The Hall–Kier alpha value is -1.96. The molecule has 2 aromatic carbocycles. The normalized spacial score (nSPS) is 12.6. The second kappa shape index (κ2) is 7.95. The summed E-state index contributed by atoms with van der Waals surface area (Å²) in [4.78, 5) is 12.2. The van der Waals surface area contributed by atoms with Crippen LogP contribution in [0.2, 0.25) is 5.02 Å². The number of halogens is 2. The summed E-state index contributed by atoms with van der Waals surface area (Å²) in [5, 5.41) is 3.13. The van der Waals surface area contributed by atoms with Gasteiger partial charge in [-0.3, -0.25) is 4.79 Å². The van der Waals surface area contributed by atoms with E-state index in [-0.39, 0.29) is 11.3 Å². The van der Waals surface area contributed by atoms with Gasteiger partial charge in [0.1, 0.15) is 11.9 Å². The topological polar surface area (TPSA) is 75.3 Å². The van der Waals surface area contributed by atoms with Gasteiger partial charge in [-0.05, 0) is 55.3 Å². The average molecular weight is 385 g/mol. The van der Waals surface area contributed by atoms with E-state index in [9.17, 15) is 17.6 Å². The number of amides is 1. The van der Waals surface area contributed by atoms with Crippen LogP contribution in [0.3, 0.4) is 0 Å². The highest BCUT2D eigenvalue weighted by Gasteiger charge is 2.24. The van der Waals surface area contributed by atoms with Gasteiger partial charge in [-0.2, -0.15) is 4.72 Å². The van der Waals surface area contributed by atoms with Crippen LogP contribution in [0.4, 0.5) is 10.1 Å². The first-order chi connectivity index (χ1) is 11.7. The molecule has 0 fully saturated rings. The van der Waals surface area contributed by atoms with Crippen LogP contribution in [0.15, 0.2) is 47.4 Å². The highest BCUT2D eigenvalue weighted by atomic mass is 35.5. The molecule has 0 aliphatic rings. The van der Waals surface area contributed by atoms with Crippen LogP contribution < -0.4 is 10.0 Å². The molecule has 134 valence electrons. The molecule has 8 heteroatoms. The quantitative estimate of drug-likeness (QED) is 0.800. The Morgan fingerprint density at radius 2 is 1.84 bits per heavy atom. The summed E-state index contributed by atoms with van der Waals surface area (Å²) < 4.78 is 39.9. The Balaban J connectivity index is 2.13. The number of carbonyl (C=O) groups excluding carboxylic acids is 1. The molecule has 0 saturated carbocycles. The van der Waals surface area contributed by atoms with Crippen LogP contribution >= 0.6 is 11.6 Å². The van der Waals surface area contributed by atoms with Crippen molar-refractivity contribution >= 4 is 33.2 Å². The number of aryl methyl sites for hydroxylation is 1. The maximum Gasteiger partial charge on any atom is 0.242 e. The predicted molar refractivity (Wildman–Crippen MR) is 95.6 cm³/mol. The summed E-state index contributed by atoms with van der Waals surface area (Å²) in [6.07, 6.45) is 0.242. The molecule has 5 nitrogen and oxygen atoms in total. The van der Waals surface area contributed by atoms with Gasteiger partial charge in [-0.15, -0.1) is 0 Å². The van der Waals surface area contributed by atoms with Crippen LogP contribution in [0.5, 0.6) is 0 Å². The van der Waals surface area contributed by atoms with Crippen molar-refractivity contribution in [3.8, 4) is 0 Å². The fourth-order valence-corrected chi connectivity index (χ4v) is 3.55. The lowest BCUT2D eigenvalue weighted by Gasteiger charge is -2.17. The second-order valence-corrected chi connectivity index (χ2v) is 7.61. The van der Waals surface area contributed by atoms with Crippen LogP contribution in [0.1, 0.15) is 18.9 Å². The molecule has 0 heterocycles. The summed E-state index contributed by atoms with van der Waals surface area (Å²) >= 11 is 6.02. The SMILES string of the molecule is CCC(NS(=O)(=O)c1ccc(F)cc1)C(=O)Nc1ccc(C)c(Cl)c1. The van der Waals surface area contributed by atoms with Crippen molar-refractivity contribution in [2.45, 2.75) is 31.2 Å². The molecule has 0 bridgehead atoms. The highest BCUT2D eigenvalue weighted by molar-refractivity contribution is 7.89. The van der Waals surface area contributed by atoms with Crippen molar-refractivity contribution in [2.75, 3.05) is 5.32 Å². The Kier molecular flexibility index (Phi) is 6.16. The summed E-state index contributed by atoms with van der Waals surface area (Å²) in [6.45, 7) is 3.51. The summed E-state index contributed by atoms with van der Waals surface area (Å²) in [6, 6.07) is 8.42. The zero-order valence-corrected chi connectivity index (χ0v) is 15.3. The third-order valence-electron chi connectivity index (χ3n) is 3.59. The maximum absolute atomic E-state index is 12.9. The molecule has 1 amide bonds. The minimum Gasteiger partial charge on any atom is -0.325 e. The Morgan fingerprint density at radius 3 is 2.40 bits per heavy atom. The van der Waals surface area contributed by atoms with Crippen LogP contribution in [0, 0.1) is 12.7 Å². The highest BCUT2D eigenvalue weighted by Crippen LogP contribution is 2.20. The molecule has 0 saturated heterocycles. The second-order valence-electron chi connectivity index (χ2n) is 5.49. The number of hydrogen-bond acceptors (Lipinski definition) is 3. The number of sulfonamides is 1. The van der Waals surface area contributed by atoms with E-state index in [0.29, 0.717) is 10.7 Å². The van der Waals surface area contributed by atoms with E-state index >= 15 is 0 Å². The van der Waals surface area contributed by atoms with E-state index < -0.39 is 27.8 Å². The van der Waals surface area contributed by atoms with Gasteiger partial charge >= 0.3 is 0 Å². The number of hydrogen-bond donors (Lipinski definition) is 2. The van der Waals surface area contributed by atoms with Gasteiger partial charge in [0.05, 0.1) is 4.90 Å². The van der Waals surface area contributed by atoms with E-state index in [1.807, 2.05) is 6.92 Å². The van der Waals surface area contributed by atoms with Gasteiger partial charge in [0, 0.05) is 10.7 Å². The van der Waals surface area contributed by atoms with Gasteiger partial charge in [-0.1, -0.05) is 24.6 Å². The summed E-state index contributed by atoms with van der Waals surface area (Å²) in [7, 11) is -3.94. The number of carbonyl (C=O) groups is 1. The number of benzene rings is 2. The zero-order valence-electron chi connectivity index (χ0n) is 13.7. The first kappa shape index (κ1) is 19.4. The van der Waals surface area contributed by atoms with Gasteiger partial charge in [0.25, 0.3) is 0 Å². The first-order valence-electron chi connectivity index (χ1n) is 7.58. The molecule has 0 spiro atoms. The minimum absolute atomic E-state index is 0.112. The van der Waals surface area contributed by atoms with Gasteiger partial charge in [-0.25, -0.2) is 12.8 Å². The van der Waals surface area contributed by atoms with E-state index in [2.05, 4.69) is 10.0 Å². The van der Waals surface area contributed by atoms with Crippen molar-refractivity contribution in [1.82, 2.24) is 4.72 Å². The van der Waals surface area contributed by atoms with Crippen molar-refractivity contribution in [3.05, 3.63) is 58.9 Å². The van der Waals surface area contributed by atoms with Crippen LogP contribution in [0.25, 0.3) is 0 Å². The predicted octanol–water partition coefficient (Wildman–Crippen LogP) is 3.48. The standard InChI is InChI=1S/C17H18ClFN2O3S/c1-3-16(17(22)20-13-7-4-11(2)15(18)10-13)21-25(23,24)14-8-5-12(19)6-9-14/h4-10,16,21H,3H2,1-2H3,(H,20,22). The fourth-order valence-electron chi connectivity index (χ4n) is 2.09. The van der Waals surface area contributed by atoms with E-state index in [1.165, 1.54) is 0 Å². The Morgan fingerprint density at radius 1 is 1.20 bits per heavy atom. The molecule has 1 unspecified atom stereocenters. The van der Waals surface area contributed by atoms with E-state index in [0.717, 1.165) is 29.8 Å². The van der Waals surface area contributed by atoms with Crippen LogP contribution in [-0.2, 0) is 14.8 Å².